The Morgan fingerprint density at radius 2 is 1.74 bits per heavy atom. The van der Waals surface area contributed by atoms with E-state index >= 15 is 0 Å². The summed E-state index contributed by atoms with van der Waals surface area (Å²) in [7, 11) is 0. The van der Waals surface area contributed by atoms with Crippen LogP contribution in [0.2, 0.25) is 5.02 Å². The molecule has 27 heavy (non-hydrogen) atoms. The minimum Gasteiger partial charge on any atom is -0.275 e. The first-order valence-corrected chi connectivity index (χ1v) is 9.94. The van der Waals surface area contributed by atoms with Crippen LogP contribution < -0.4 is 0 Å². The quantitative estimate of drug-likeness (QED) is 0.670. The van der Waals surface area contributed by atoms with Crippen molar-refractivity contribution in [3.8, 4) is 0 Å². The number of hydrazone groups is 1. The van der Waals surface area contributed by atoms with E-state index in [9.17, 15) is 9.59 Å². The molecule has 1 saturated heterocycles. The van der Waals surface area contributed by atoms with E-state index in [2.05, 4.69) is 0 Å². The van der Waals surface area contributed by atoms with Gasteiger partial charge in [0.2, 0.25) is 11.8 Å². The normalized spacial score (nSPS) is 23.7. The Morgan fingerprint density at radius 1 is 1.11 bits per heavy atom. The Hall–Kier alpha value is -1.99. The van der Waals surface area contributed by atoms with Crippen LogP contribution in [-0.4, -0.2) is 43.1 Å². The number of rotatable bonds is 1. The maximum Gasteiger partial charge on any atom is 0.241 e. The Kier molecular flexibility index (Phi) is 4.47. The minimum absolute atomic E-state index is 0.0803. The molecular formula is C19H21ClN4O2S. The standard InChI is InChI=1S/C19H21ClN4O2S/c1-12(25)23-18(27)22-16(14-6-8-15(20)9-7-14)24(13(2)26)21-17(22)19(23)10-4-3-5-11-19/h6-9,16H,3-5,10-11H2,1-2H3. The molecule has 1 aromatic carbocycles. The fraction of sp³-hybridized carbons (Fsp3) is 0.474. The van der Waals surface area contributed by atoms with Crippen LogP contribution in [0.4, 0.5) is 0 Å². The molecule has 1 saturated carbocycles. The molecular weight excluding hydrogens is 384 g/mol. The highest BCUT2D eigenvalue weighted by Crippen LogP contribution is 2.48. The van der Waals surface area contributed by atoms with Crippen molar-refractivity contribution in [1.29, 1.82) is 0 Å². The number of amidine groups is 1. The van der Waals surface area contributed by atoms with Crippen molar-refractivity contribution in [2.45, 2.75) is 57.7 Å². The molecule has 1 aromatic rings. The van der Waals surface area contributed by atoms with Gasteiger partial charge < -0.3 is 0 Å². The highest BCUT2D eigenvalue weighted by molar-refractivity contribution is 7.80. The van der Waals surface area contributed by atoms with Crippen molar-refractivity contribution in [1.82, 2.24) is 14.8 Å². The Bertz CT molecular complexity index is 848. The molecule has 0 radical (unpaired) electrons. The lowest BCUT2D eigenvalue weighted by Gasteiger charge is -2.38. The van der Waals surface area contributed by atoms with Crippen LogP contribution in [0.3, 0.4) is 0 Å². The van der Waals surface area contributed by atoms with Crippen LogP contribution in [0.25, 0.3) is 0 Å². The number of halogens is 1. The molecule has 6 nitrogen and oxygen atoms in total. The second-order valence-corrected chi connectivity index (χ2v) is 8.11. The fourth-order valence-corrected chi connectivity index (χ4v) is 5.14. The summed E-state index contributed by atoms with van der Waals surface area (Å²) in [6.07, 6.45) is 4.26. The van der Waals surface area contributed by atoms with Crippen molar-refractivity contribution >= 4 is 46.6 Å². The summed E-state index contributed by atoms with van der Waals surface area (Å²) in [6.45, 7) is 3.04. The van der Waals surface area contributed by atoms with Crippen molar-refractivity contribution in [3.63, 3.8) is 0 Å². The van der Waals surface area contributed by atoms with Crippen molar-refractivity contribution < 1.29 is 9.59 Å². The molecule has 4 rings (SSSR count). The Labute approximate surface area is 168 Å². The van der Waals surface area contributed by atoms with Crippen molar-refractivity contribution in [2.75, 3.05) is 0 Å². The first kappa shape index (κ1) is 18.4. The number of fused-ring (bicyclic) bond motifs is 2. The number of hydrogen-bond acceptors (Lipinski definition) is 4. The largest absolute Gasteiger partial charge is 0.275 e. The second kappa shape index (κ2) is 6.56. The number of carbonyl (C=O) groups is 2. The number of nitrogens with zero attached hydrogens (tertiary/aromatic N) is 4. The van der Waals surface area contributed by atoms with Crippen LogP contribution in [0.15, 0.2) is 29.4 Å². The van der Waals surface area contributed by atoms with Crippen molar-refractivity contribution in [3.05, 3.63) is 34.9 Å². The first-order chi connectivity index (χ1) is 12.9. The maximum absolute atomic E-state index is 12.5. The maximum atomic E-state index is 12.5. The van der Waals surface area contributed by atoms with E-state index in [0.717, 1.165) is 43.5 Å². The average Bonchev–Trinajstić information content (AvgIpc) is 3.13. The molecule has 1 atom stereocenters. The van der Waals surface area contributed by atoms with Crippen LogP contribution in [-0.2, 0) is 9.59 Å². The average molecular weight is 405 g/mol. The number of hydrogen-bond donors (Lipinski definition) is 0. The van der Waals surface area contributed by atoms with Gasteiger partial charge in [-0.3, -0.25) is 19.4 Å². The molecule has 0 bridgehead atoms. The van der Waals surface area contributed by atoms with Crippen LogP contribution in [0, 0.1) is 0 Å². The summed E-state index contributed by atoms with van der Waals surface area (Å²) < 4.78 is 0. The van der Waals surface area contributed by atoms with Crippen LogP contribution in [0.1, 0.15) is 57.7 Å². The number of thiocarbonyl (C=S) groups is 1. The van der Waals surface area contributed by atoms with Gasteiger partial charge in [-0.1, -0.05) is 43.0 Å². The van der Waals surface area contributed by atoms with Gasteiger partial charge in [-0.05, 0) is 42.8 Å². The van der Waals surface area contributed by atoms with Gasteiger partial charge in [-0.15, -0.1) is 0 Å². The Balaban J connectivity index is 1.86. The van der Waals surface area contributed by atoms with E-state index in [0.29, 0.717) is 10.1 Å². The lowest BCUT2D eigenvalue weighted by Crippen LogP contribution is -2.53. The third kappa shape index (κ3) is 2.67. The van der Waals surface area contributed by atoms with E-state index in [1.807, 2.05) is 17.0 Å². The highest BCUT2D eigenvalue weighted by Gasteiger charge is 2.60. The predicted molar refractivity (Wildman–Crippen MR) is 107 cm³/mol. The minimum atomic E-state index is -0.546. The van der Waals surface area contributed by atoms with Gasteiger partial charge in [0.1, 0.15) is 5.54 Å². The van der Waals surface area contributed by atoms with Gasteiger partial charge in [-0.2, -0.15) is 5.10 Å². The zero-order valence-electron chi connectivity index (χ0n) is 15.3. The topological polar surface area (TPSA) is 56.2 Å². The number of amides is 2. The summed E-state index contributed by atoms with van der Waals surface area (Å²) >= 11 is 11.8. The third-order valence-corrected chi connectivity index (χ3v) is 6.27. The lowest BCUT2D eigenvalue weighted by atomic mass is 9.80. The van der Waals surface area contributed by atoms with E-state index in [4.69, 9.17) is 28.9 Å². The highest BCUT2D eigenvalue weighted by atomic mass is 35.5. The summed E-state index contributed by atoms with van der Waals surface area (Å²) in [5, 5.41) is 7.21. The summed E-state index contributed by atoms with van der Waals surface area (Å²) in [6, 6.07) is 7.30. The number of carbonyl (C=O) groups excluding carboxylic acids is 2. The number of benzene rings is 1. The summed E-state index contributed by atoms with van der Waals surface area (Å²) in [5.74, 6) is 0.473. The molecule has 1 unspecified atom stereocenters. The fourth-order valence-electron chi connectivity index (χ4n) is 4.52. The molecule has 2 amide bonds. The third-order valence-electron chi connectivity index (χ3n) is 5.63. The van der Waals surface area contributed by atoms with Crippen LogP contribution in [0.5, 0.6) is 0 Å². The molecule has 2 aliphatic heterocycles. The molecule has 3 aliphatic rings. The monoisotopic (exact) mass is 404 g/mol. The predicted octanol–water partition coefficient (Wildman–Crippen LogP) is 3.67. The SMILES string of the molecule is CC(=O)N1N=C2N(C(=S)N(C(C)=O)C23CCCCC3)C1c1ccc(Cl)cc1. The molecule has 0 aromatic heterocycles. The van der Waals surface area contributed by atoms with E-state index in [1.165, 1.54) is 11.9 Å². The van der Waals surface area contributed by atoms with Gasteiger partial charge in [0, 0.05) is 18.9 Å². The van der Waals surface area contributed by atoms with E-state index in [-0.39, 0.29) is 11.8 Å². The summed E-state index contributed by atoms with van der Waals surface area (Å²) in [5.41, 5.74) is 0.308. The first-order valence-electron chi connectivity index (χ1n) is 9.15. The molecule has 2 fully saturated rings. The smallest absolute Gasteiger partial charge is 0.241 e. The van der Waals surface area contributed by atoms with E-state index in [1.54, 1.807) is 24.0 Å². The molecule has 0 N–H and O–H groups in total. The second-order valence-electron chi connectivity index (χ2n) is 7.31. The van der Waals surface area contributed by atoms with Crippen molar-refractivity contribution in [2.24, 2.45) is 5.10 Å². The zero-order valence-corrected chi connectivity index (χ0v) is 16.9. The lowest BCUT2D eigenvalue weighted by molar-refractivity contribution is -0.132. The molecule has 1 spiro atoms. The van der Waals surface area contributed by atoms with Gasteiger partial charge in [-0.25, -0.2) is 5.01 Å². The zero-order chi connectivity index (χ0) is 19.3. The van der Waals surface area contributed by atoms with E-state index < -0.39 is 11.7 Å². The summed E-state index contributed by atoms with van der Waals surface area (Å²) in [4.78, 5) is 28.5. The molecule has 2 heterocycles. The van der Waals surface area contributed by atoms with Gasteiger partial charge in [0.25, 0.3) is 0 Å². The molecule has 142 valence electrons. The molecule has 1 aliphatic carbocycles. The van der Waals surface area contributed by atoms with Gasteiger partial charge >= 0.3 is 0 Å². The Morgan fingerprint density at radius 3 is 2.30 bits per heavy atom. The van der Waals surface area contributed by atoms with Gasteiger partial charge in [0.05, 0.1) is 0 Å². The van der Waals surface area contributed by atoms with Crippen LogP contribution >= 0.6 is 23.8 Å². The molecule has 8 heteroatoms. The van der Waals surface area contributed by atoms with Gasteiger partial charge in [0.15, 0.2) is 17.1 Å².